The average molecular weight is 395 g/mol. The van der Waals surface area contributed by atoms with E-state index in [0.29, 0.717) is 31.6 Å². The van der Waals surface area contributed by atoms with Crippen molar-refractivity contribution in [3.63, 3.8) is 0 Å². The summed E-state index contributed by atoms with van der Waals surface area (Å²) in [4.78, 5) is 12.5. The van der Waals surface area contributed by atoms with Crippen molar-refractivity contribution in [3.8, 4) is 5.75 Å². The number of anilines is 1. The summed E-state index contributed by atoms with van der Waals surface area (Å²) in [7, 11) is -3.26. The molecule has 0 unspecified atom stereocenters. The number of carbonyl (C=O) groups is 1. The molecular weight excluding hydrogens is 364 g/mol. The first-order chi connectivity index (χ1) is 12.8. The van der Waals surface area contributed by atoms with Crippen LogP contribution < -0.4 is 14.8 Å². The van der Waals surface area contributed by atoms with Crippen LogP contribution in [0.5, 0.6) is 5.75 Å². The summed E-state index contributed by atoms with van der Waals surface area (Å²) in [6.45, 7) is 4.11. The molecule has 2 fully saturated rings. The van der Waals surface area contributed by atoms with E-state index < -0.39 is 15.3 Å². The minimum Gasteiger partial charge on any atom is -0.493 e. The second kappa shape index (κ2) is 8.61. The molecule has 2 aliphatic rings. The van der Waals surface area contributed by atoms with Gasteiger partial charge in [-0.25, -0.2) is 13.1 Å². The van der Waals surface area contributed by atoms with Gasteiger partial charge in [0.2, 0.25) is 15.9 Å². The molecule has 0 atom stereocenters. The Morgan fingerprint density at radius 3 is 2.26 bits per heavy atom. The maximum Gasteiger partial charge on any atom is 0.227 e. The van der Waals surface area contributed by atoms with Gasteiger partial charge in [-0.3, -0.25) is 4.79 Å². The largest absolute Gasteiger partial charge is 0.493 e. The lowest BCUT2D eigenvalue weighted by molar-refractivity contribution is -0.120. The van der Waals surface area contributed by atoms with Gasteiger partial charge in [0.25, 0.3) is 0 Å². The van der Waals surface area contributed by atoms with Crippen LogP contribution in [-0.4, -0.2) is 32.2 Å². The highest BCUT2D eigenvalue weighted by atomic mass is 32.2. The molecule has 1 amide bonds. The Kier molecular flexibility index (Phi) is 6.42. The van der Waals surface area contributed by atoms with Crippen LogP contribution in [-0.2, 0) is 14.8 Å². The van der Waals surface area contributed by atoms with Crippen LogP contribution in [0.1, 0.15) is 52.4 Å². The van der Waals surface area contributed by atoms with Gasteiger partial charge in [-0.15, -0.1) is 0 Å². The van der Waals surface area contributed by atoms with Crippen molar-refractivity contribution in [2.24, 2.45) is 11.8 Å². The van der Waals surface area contributed by atoms with Gasteiger partial charge in [-0.05, 0) is 82.6 Å². The average Bonchev–Trinajstić information content (AvgIpc) is 3.46. The topological polar surface area (TPSA) is 84.5 Å². The number of carbonyl (C=O) groups excluding carboxylic acids is 1. The molecule has 0 saturated heterocycles. The van der Waals surface area contributed by atoms with E-state index in [9.17, 15) is 13.2 Å². The fourth-order valence-electron chi connectivity index (χ4n) is 3.22. The Balaban J connectivity index is 1.43. The van der Waals surface area contributed by atoms with Crippen molar-refractivity contribution in [1.29, 1.82) is 0 Å². The zero-order valence-corrected chi connectivity index (χ0v) is 16.9. The van der Waals surface area contributed by atoms with E-state index >= 15 is 0 Å². The van der Waals surface area contributed by atoms with Crippen LogP contribution in [0.15, 0.2) is 24.3 Å². The van der Waals surface area contributed by atoms with E-state index in [1.165, 1.54) is 12.8 Å². The maximum absolute atomic E-state index is 12.5. The predicted octanol–water partition coefficient (Wildman–Crippen LogP) is 3.30. The summed E-state index contributed by atoms with van der Waals surface area (Å²) >= 11 is 0. The monoisotopic (exact) mass is 394 g/mol. The van der Waals surface area contributed by atoms with Crippen LogP contribution in [0.25, 0.3) is 0 Å². The third kappa shape index (κ3) is 5.94. The molecule has 0 radical (unpaired) electrons. The zero-order valence-electron chi connectivity index (χ0n) is 16.1. The lowest BCUT2D eigenvalue weighted by atomic mass is 9.86. The number of benzene rings is 1. The molecule has 6 nitrogen and oxygen atoms in total. The van der Waals surface area contributed by atoms with Crippen LogP contribution >= 0.6 is 0 Å². The summed E-state index contributed by atoms with van der Waals surface area (Å²) in [5.74, 6) is 1.48. The Bertz CT molecular complexity index is 734. The highest BCUT2D eigenvalue weighted by Gasteiger charge is 2.29. The Hall–Kier alpha value is -1.60. The van der Waals surface area contributed by atoms with E-state index in [1.54, 1.807) is 13.8 Å². The number of rotatable bonds is 8. The molecule has 0 heterocycles. The van der Waals surface area contributed by atoms with Gasteiger partial charge in [0, 0.05) is 17.6 Å². The number of ether oxygens (including phenoxy) is 1. The summed E-state index contributed by atoms with van der Waals surface area (Å²) < 4.78 is 32.4. The molecule has 1 aromatic rings. The molecule has 150 valence electrons. The van der Waals surface area contributed by atoms with Gasteiger partial charge in [-0.2, -0.15) is 0 Å². The zero-order chi connectivity index (χ0) is 19.4. The summed E-state index contributed by atoms with van der Waals surface area (Å²) in [5, 5.41) is 2.53. The molecule has 3 rings (SSSR count). The van der Waals surface area contributed by atoms with Crippen molar-refractivity contribution >= 4 is 21.6 Å². The van der Waals surface area contributed by atoms with Crippen molar-refractivity contribution in [2.75, 3.05) is 11.9 Å². The van der Waals surface area contributed by atoms with E-state index in [2.05, 4.69) is 10.0 Å². The Labute approximate surface area is 162 Å². The summed E-state index contributed by atoms with van der Waals surface area (Å²) in [6, 6.07) is 7.43. The van der Waals surface area contributed by atoms with Crippen LogP contribution in [0.3, 0.4) is 0 Å². The normalized spacial score (nSPS) is 23.2. The molecule has 0 spiro atoms. The third-order valence-corrected chi connectivity index (χ3v) is 7.26. The minimum atomic E-state index is -3.26. The van der Waals surface area contributed by atoms with Gasteiger partial charge >= 0.3 is 0 Å². The van der Waals surface area contributed by atoms with E-state index in [1.807, 2.05) is 24.3 Å². The van der Waals surface area contributed by atoms with Crippen LogP contribution in [0.2, 0.25) is 0 Å². The molecule has 0 bridgehead atoms. The Morgan fingerprint density at radius 2 is 1.70 bits per heavy atom. The first-order valence-electron chi connectivity index (χ1n) is 9.88. The number of hydrogen-bond donors (Lipinski definition) is 2. The number of amides is 1. The molecule has 1 aromatic carbocycles. The highest BCUT2D eigenvalue weighted by molar-refractivity contribution is 7.90. The third-order valence-electron chi connectivity index (χ3n) is 5.35. The number of hydrogen-bond acceptors (Lipinski definition) is 4. The Morgan fingerprint density at radius 1 is 1.07 bits per heavy atom. The molecule has 0 aliphatic heterocycles. The quantitative estimate of drug-likeness (QED) is 0.708. The van der Waals surface area contributed by atoms with Crippen molar-refractivity contribution in [2.45, 2.75) is 63.7 Å². The van der Waals surface area contributed by atoms with Crippen molar-refractivity contribution < 1.29 is 17.9 Å². The molecule has 0 aromatic heterocycles. The lowest BCUT2D eigenvalue weighted by Gasteiger charge is -2.28. The number of nitrogens with one attached hydrogen (secondary N) is 2. The van der Waals surface area contributed by atoms with Crippen molar-refractivity contribution in [3.05, 3.63) is 24.3 Å². The first-order valence-corrected chi connectivity index (χ1v) is 11.4. The summed E-state index contributed by atoms with van der Waals surface area (Å²) in [6.07, 6.45) is 5.29. The number of sulfonamides is 1. The van der Waals surface area contributed by atoms with Crippen LogP contribution in [0.4, 0.5) is 5.69 Å². The SMILES string of the molecule is CC(C)S(=O)(=O)NC1CCC(C(=O)Nc2ccc(OCC3CC3)cc2)CC1. The van der Waals surface area contributed by atoms with E-state index in [-0.39, 0.29) is 17.9 Å². The van der Waals surface area contributed by atoms with Gasteiger partial charge in [0.1, 0.15) is 5.75 Å². The van der Waals surface area contributed by atoms with Gasteiger partial charge in [0.05, 0.1) is 11.9 Å². The van der Waals surface area contributed by atoms with Gasteiger partial charge in [-0.1, -0.05) is 0 Å². The maximum atomic E-state index is 12.5. The van der Waals surface area contributed by atoms with Gasteiger partial charge in [0.15, 0.2) is 0 Å². The standard InChI is InChI=1S/C20H30N2O4S/c1-14(2)27(24,25)22-18-7-5-16(6-8-18)20(23)21-17-9-11-19(12-10-17)26-13-15-3-4-15/h9-12,14-16,18,22H,3-8,13H2,1-2H3,(H,21,23). The highest BCUT2D eigenvalue weighted by Crippen LogP contribution is 2.30. The predicted molar refractivity (Wildman–Crippen MR) is 106 cm³/mol. The van der Waals surface area contributed by atoms with E-state index in [0.717, 1.165) is 18.0 Å². The fraction of sp³-hybridized carbons (Fsp3) is 0.650. The van der Waals surface area contributed by atoms with Gasteiger partial charge < -0.3 is 10.1 Å². The molecule has 2 aliphatic carbocycles. The fourth-order valence-corrected chi connectivity index (χ4v) is 4.19. The minimum absolute atomic E-state index is 0.00631. The lowest BCUT2D eigenvalue weighted by Crippen LogP contribution is -2.42. The van der Waals surface area contributed by atoms with Crippen molar-refractivity contribution in [1.82, 2.24) is 4.72 Å². The molecule has 2 N–H and O–H groups in total. The first kappa shape index (κ1) is 20.1. The molecular formula is C20H30N2O4S. The second-order valence-electron chi connectivity index (χ2n) is 8.03. The van der Waals surface area contributed by atoms with E-state index in [4.69, 9.17) is 4.74 Å². The molecule has 7 heteroatoms. The molecule has 27 heavy (non-hydrogen) atoms. The smallest absolute Gasteiger partial charge is 0.227 e. The van der Waals surface area contributed by atoms with Crippen LogP contribution in [0, 0.1) is 11.8 Å². The summed E-state index contributed by atoms with van der Waals surface area (Å²) in [5.41, 5.74) is 0.765. The molecule has 2 saturated carbocycles. The second-order valence-corrected chi connectivity index (χ2v) is 10.3.